The predicted octanol–water partition coefficient (Wildman–Crippen LogP) is 6.40. The van der Waals surface area contributed by atoms with Crippen molar-refractivity contribution in [1.82, 2.24) is 10.2 Å². The largest absolute Gasteiger partial charge is 0.352 e. The zero-order chi connectivity index (χ0) is 29.4. The van der Waals surface area contributed by atoms with Crippen LogP contribution >= 0.6 is 34.2 Å². The molecule has 10 heteroatoms. The molecule has 0 bridgehead atoms. The van der Waals surface area contributed by atoms with E-state index >= 15 is 0 Å². The minimum atomic E-state index is -4.10. The van der Waals surface area contributed by atoms with E-state index in [-0.39, 0.29) is 23.4 Å². The molecule has 2 amide bonds. The van der Waals surface area contributed by atoms with Crippen molar-refractivity contribution in [2.24, 2.45) is 0 Å². The number of anilines is 1. The van der Waals surface area contributed by atoms with Gasteiger partial charge in [0.25, 0.3) is 10.0 Å². The molecular formula is C31H35ClIN3O4S. The molecule has 0 radical (unpaired) electrons. The summed E-state index contributed by atoms with van der Waals surface area (Å²) in [6.45, 7) is 1.45. The highest BCUT2D eigenvalue weighted by atomic mass is 127. The maximum absolute atomic E-state index is 14.2. The first-order chi connectivity index (χ1) is 19.7. The van der Waals surface area contributed by atoms with Crippen LogP contribution in [0.2, 0.25) is 5.02 Å². The van der Waals surface area contributed by atoms with Crippen LogP contribution in [0.1, 0.15) is 51.0 Å². The summed E-state index contributed by atoms with van der Waals surface area (Å²) in [4.78, 5) is 29.3. The van der Waals surface area contributed by atoms with E-state index in [4.69, 9.17) is 11.6 Å². The minimum absolute atomic E-state index is 0.0704. The van der Waals surface area contributed by atoms with Crippen molar-refractivity contribution in [2.75, 3.05) is 10.8 Å². The van der Waals surface area contributed by atoms with E-state index in [2.05, 4.69) is 27.9 Å². The van der Waals surface area contributed by atoms with Crippen molar-refractivity contribution in [1.29, 1.82) is 0 Å². The van der Waals surface area contributed by atoms with Crippen molar-refractivity contribution in [3.63, 3.8) is 0 Å². The molecule has 218 valence electrons. The molecule has 1 aliphatic carbocycles. The van der Waals surface area contributed by atoms with E-state index in [1.807, 2.05) is 19.1 Å². The monoisotopic (exact) mass is 707 g/mol. The molecular weight excluding hydrogens is 673 g/mol. The highest BCUT2D eigenvalue weighted by molar-refractivity contribution is 14.1. The third-order valence-electron chi connectivity index (χ3n) is 7.36. The van der Waals surface area contributed by atoms with Crippen molar-refractivity contribution in [3.8, 4) is 0 Å². The number of carbonyl (C=O) groups is 2. The molecule has 3 aromatic carbocycles. The van der Waals surface area contributed by atoms with Crippen molar-refractivity contribution < 1.29 is 18.0 Å². The Balaban J connectivity index is 1.70. The molecule has 0 aromatic heterocycles. The molecule has 0 saturated heterocycles. The second-order valence-corrected chi connectivity index (χ2v) is 13.7. The Morgan fingerprint density at radius 3 is 2.22 bits per heavy atom. The summed E-state index contributed by atoms with van der Waals surface area (Å²) < 4.78 is 29.8. The lowest BCUT2D eigenvalue weighted by Gasteiger charge is -2.34. The smallest absolute Gasteiger partial charge is 0.264 e. The molecule has 4 rings (SSSR count). The Bertz CT molecular complexity index is 1430. The van der Waals surface area contributed by atoms with Gasteiger partial charge in [0.1, 0.15) is 12.6 Å². The maximum atomic E-state index is 14.2. The molecule has 0 heterocycles. The van der Waals surface area contributed by atoms with Gasteiger partial charge in [-0.15, -0.1) is 0 Å². The number of nitrogens with zero attached hydrogens (tertiary/aromatic N) is 2. The molecule has 41 heavy (non-hydrogen) atoms. The summed E-state index contributed by atoms with van der Waals surface area (Å²) in [6, 6.07) is 21.4. The van der Waals surface area contributed by atoms with E-state index in [9.17, 15) is 18.0 Å². The van der Waals surface area contributed by atoms with E-state index < -0.39 is 28.5 Å². The highest BCUT2D eigenvalue weighted by Crippen LogP contribution is 2.27. The number of nitrogens with one attached hydrogen (secondary N) is 1. The van der Waals surface area contributed by atoms with Gasteiger partial charge in [0.2, 0.25) is 11.8 Å². The number of hydrogen-bond acceptors (Lipinski definition) is 4. The van der Waals surface area contributed by atoms with Gasteiger partial charge in [0, 0.05) is 21.2 Å². The van der Waals surface area contributed by atoms with Crippen LogP contribution in [0.5, 0.6) is 0 Å². The second-order valence-electron chi connectivity index (χ2n) is 10.2. The Kier molecular flexibility index (Phi) is 11.1. The van der Waals surface area contributed by atoms with Crippen LogP contribution in [0.4, 0.5) is 5.69 Å². The summed E-state index contributed by atoms with van der Waals surface area (Å²) in [6.07, 6.45) is 5.47. The molecule has 1 atom stereocenters. The summed E-state index contributed by atoms with van der Waals surface area (Å²) >= 11 is 8.63. The fourth-order valence-corrected chi connectivity index (χ4v) is 7.12. The SMILES string of the molecule is CC[C@@H](C(=O)NC1CCCCC1)N(Cc1ccccc1Cl)C(=O)CN(c1ccc(I)cc1)S(=O)(=O)c1ccccc1. The molecule has 7 nitrogen and oxygen atoms in total. The Hall–Kier alpha value is -2.63. The average Bonchev–Trinajstić information content (AvgIpc) is 2.98. The number of amides is 2. The van der Waals surface area contributed by atoms with Gasteiger partial charge in [-0.2, -0.15) is 0 Å². The molecule has 1 fully saturated rings. The molecule has 1 aliphatic rings. The van der Waals surface area contributed by atoms with Gasteiger partial charge in [-0.1, -0.05) is 74.2 Å². The van der Waals surface area contributed by atoms with Crippen LogP contribution in [-0.2, 0) is 26.2 Å². The first-order valence-electron chi connectivity index (χ1n) is 13.9. The lowest BCUT2D eigenvalue weighted by Crippen LogP contribution is -2.54. The number of halogens is 2. The lowest BCUT2D eigenvalue weighted by molar-refractivity contribution is -0.140. The minimum Gasteiger partial charge on any atom is -0.352 e. The average molecular weight is 708 g/mol. The normalized spacial score (nSPS) is 14.7. The quantitative estimate of drug-likeness (QED) is 0.234. The van der Waals surface area contributed by atoms with Crippen LogP contribution in [0, 0.1) is 3.57 Å². The number of benzene rings is 3. The second kappa shape index (κ2) is 14.5. The molecule has 1 N–H and O–H groups in total. The van der Waals surface area contributed by atoms with Gasteiger partial charge in [-0.25, -0.2) is 8.42 Å². The van der Waals surface area contributed by atoms with Gasteiger partial charge >= 0.3 is 0 Å². The standard InChI is InChI=1S/C31H35ClIN3O4S/c1-2-29(31(38)34-25-12-5-3-6-13-25)35(21-23-11-9-10-16-28(23)32)30(37)22-36(26-19-17-24(33)18-20-26)41(39,40)27-14-7-4-8-15-27/h4,7-11,14-20,25,29H,2-3,5-6,12-13,21-22H2,1H3,(H,34,38)/t29-/m0/s1. The first-order valence-corrected chi connectivity index (χ1v) is 16.8. The third kappa shape index (κ3) is 8.02. The van der Waals surface area contributed by atoms with Crippen LogP contribution in [0.15, 0.2) is 83.8 Å². The number of rotatable bonds is 11. The first kappa shape index (κ1) is 31.3. The number of sulfonamides is 1. The Morgan fingerprint density at radius 1 is 0.951 bits per heavy atom. The molecule has 3 aromatic rings. The number of carbonyl (C=O) groups excluding carboxylic acids is 2. The number of hydrogen-bond donors (Lipinski definition) is 1. The summed E-state index contributed by atoms with van der Waals surface area (Å²) in [5, 5.41) is 3.63. The van der Waals surface area contributed by atoms with Crippen molar-refractivity contribution in [2.45, 2.75) is 69.0 Å². The molecule has 0 aliphatic heterocycles. The van der Waals surface area contributed by atoms with E-state index in [0.717, 1.165) is 40.0 Å². The predicted molar refractivity (Wildman–Crippen MR) is 171 cm³/mol. The van der Waals surface area contributed by atoms with E-state index in [1.54, 1.807) is 54.6 Å². The molecule has 0 unspecified atom stereocenters. The van der Waals surface area contributed by atoms with Crippen LogP contribution in [0.25, 0.3) is 0 Å². The zero-order valence-electron chi connectivity index (χ0n) is 23.0. The van der Waals surface area contributed by atoms with Gasteiger partial charge in [-0.3, -0.25) is 13.9 Å². The van der Waals surface area contributed by atoms with Crippen molar-refractivity contribution >= 4 is 61.7 Å². The van der Waals surface area contributed by atoms with Crippen LogP contribution in [0.3, 0.4) is 0 Å². The van der Waals surface area contributed by atoms with Crippen LogP contribution < -0.4 is 9.62 Å². The Morgan fingerprint density at radius 2 is 1.59 bits per heavy atom. The molecule has 1 saturated carbocycles. The fraction of sp³-hybridized carbons (Fsp3) is 0.355. The Labute approximate surface area is 261 Å². The van der Waals surface area contributed by atoms with E-state index in [1.165, 1.54) is 17.0 Å². The van der Waals surface area contributed by atoms with Gasteiger partial charge < -0.3 is 10.2 Å². The zero-order valence-corrected chi connectivity index (χ0v) is 26.7. The van der Waals surface area contributed by atoms with Gasteiger partial charge in [-0.05, 0) is 89.9 Å². The van der Waals surface area contributed by atoms with Gasteiger partial charge in [0.15, 0.2) is 0 Å². The van der Waals surface area contributed by atoms with E-state index in [0.29, 0.717) is 22.7 Å². The third-order valence-corrected chi connectivity index (χ3v) is 10.2. The molecule has 0 spiro atoms. The maximum Gasteiger partial charge on any atom is 0.264 e. The highest BCUT2D eigenvalue weighted by Gasteiger charge is 2.34. The fourth-order valence-electron chi connectivity index (χ4n) is 5.13. The summed E-state index contributed by atoms with van der Waals surface area (Å²) in [7, 11) is -4.10. The van der Waals surface area contributed by atoms with Crippen LogP contribution in [-0.4, -0.2) is 43.8 Å². The van der Waals surface area contributed by atoms with Crippen molar-refractivity contribution in [3.05, 3.63) is 93.0 Å². The lowest BCUT2D eigenvalue weighted by atomic mass is 9.95. The van der Waals surface area contributed by atoms with Gasteiger partial charge in [0.05, 0.1) is 10.6 Å². The summed E-state index contributed by atoms with van der Waals surface area (Å²) in [5.74, 6) is -0.722. The topological polar surface area (TPSA) is 86.8 Å². The summed E-state index contributed by atoms with van der Waals surface area (Å²) in [5.41, 5.74) is 1.04.